The molecule has 0 aliphatic heterocycles. The van der Waals surface area contributed by atoms with E-state index in [0.29, 0.717) is 0 Å². The second kappa shape index (κ2) is 4.49. The lowest BCUT2D eigenvalue weighted by atomic mass is 9.49. The van der Waals surface area contributed by atoms with Crippen molar-refractivity contribution in [3.05, 3.63) is 23.8 Å². The molecule has 4 saturated carbocycles. The minimum absolute atomic E-state index is 0.0793. The number of amides is 1. The Balaban J connectivity index is 1.56. The maximum absolute atomic E-state index is 12.9. The zero-order valence-corrected chi connectivity index (χ0v) is 12.7. The standard InChI is InChI=1S/C18H24N2O/c1-11-4-15(2-3-16(11)19)20-17(21)18-8-12-5-13(9-18)7-14(6-12)10-18/h2-4,12-14H,5-10,19H2,1H3,(H,20,21). The van der Waals surface area contributed by atoms with Gasteiger partial charge in [0, 0.05) is 11.4 Å². The molecule has 0 radical (unpaired) electrons. The SMILES string of the molecule is Cc1cc(NC(=O)C23CC4CC(CC(C4)C2)C3)ccc1N. The quantitative estimate of drug-likeness (QED) is 0.813. The van der Waals surface area contributed by atoms with Crippen LogP contribution in [0.3, 0.4) is 0 Å². The molecule has 0 saturated heterocycles. The Kier molecular flexibility index (Phi) is 2.82. The van der Waals surface area contributed by atoms with Crippen LogP contribution in [-0.4, -0.2) is 5.91 Å². The van der Waals surface area contributed by atoms with Crippen LogP contribution in [0.1, 0.15) is 44.1 Å². The lowest BCUT2D eigenvalue weighted by Crippen LogP contribution is -2.51. The zero-order valence-electron chi connectivity index (χ0n) is 12.7. The average Bonchev–Trinajstić information content (AvgIpc) is 2.41. The van der Waals surface area contributed by atoms with E-state index in [-0.39, 0.29) is 11.3 Å². The molecule has 0 heterocycles. The van der Waals surface area contributed by atoms with Gasteiger partial charge in [-0.05, 0) is 87.0 Å². The smallest absolute Gasteiger partial charge is 0.230 e. The summed E-state index contributed by atoms with van der Waals surface area (Å²) in [4.78, 5) is 12.9. The monoisotopic (exact) mass is 284 g/mol. The minimum Gasteiger partial charge on any atom is -0.399 e. The third-order valence-electron chi connectivity index (χ3n) is 6.05. The molecule has 21 heavy (non-hydrogen) atoms. The number of rotatable bonds is 2. The lowest BCUT2D eigenvalue weighted by molar-refractivity contribution is -0.140. The first-order valence-corrected chi connectivity index (χ1v) is 8.22. The molecular weight excluding hydrogens is 260 g/mol. The number of nitrogen functional groups attached to an aromatic ring is 1. The molecule has 3 heteroatoms. The van der Waals surface area contributed by atoms with Crippen LogP contribution in [-0.2, 0) is 4.79 Å². The summed E-state index contributed by atoms with van der Waals surface area (Å²) < 4.78 is 0. The van der Waals surface area contributed by atoms with Gasteiger partial charge in [0.1, 0.15) is 0 Å². The van der Waals surface area contributed by atoms with E-state index in [0.717, 1.165) is 54.0 Å². The highest BCUT2D eigenvalue weighted by molar-refractivity contribution is 5.96. The molecule has 0 atom stereocenters. The molecule has 1 aromatic rings. The number of anilines is 2. The summed E-state index contributed by atoms with van der Waals surface area (Å²) in [7, 11) is 0. The van der Waals surface area contributed by atoms with Crippen LogP contribution in [0.4, 0.5) is 11.4 Å². The largest absolute Gasteiger partial charge is 0.399 e. The molecule has 1 aromatic carbocycles. The Labute approximate surface area is 126 Å². The maximum atomic E-state index is 12.9. The Morgan fingerprint density at radius 2 is 1.71 bits per heavy atom. The number of benzene rings is 1. The fraction of sp³-hybridized carbons (Fsp3) is 0.611. The van der Waals surface area contributed by atoms with Crippen molar-refractivity contribution in [1.82, 2.24) is 0 Å². The van der Waals surface area contributed by atoms with E-state index in [9.17, 15) is 4.79 Å². The summed E-state index contributed by atoms with van der Waals surface area (Å²) in [5.74, 6) is 2.66. The van der Waals surface area contributed by atoms with E-state index in [2.05, 4.69) is 5.32 Å². The van der Waals surface area contributed by atoms with Crippen LogP contribution >= 0.6 is 0 Å². The predicted molar refractivity (Wildman–Crippen MR) is 84.8 cm³/mol. The Morgan fingerprint density at radius 3 is 2.24 bits per heavy atom. The van der Waals surface area contributed by atoms with Crippen LogP contribution in [0.15, 0.2) is 18.2 Å². The Morgan fingerprint density at radius 1 is 1.14 bits per heavy atom. The minimum atomic E-state index is -0.0793. The van der Waals surface area contributed by atoms with Gasteiger partial charge in [-0.2, -0.15) is 0 Å². The van der Waals surface area contributed by atoms with Gasteiger partial charge in [0.15, 0.2) is 0 Å². The summed E-state index contributed by atoms with van der Waals surface area (Å²) in [5, 5.41) is 3.17. The molecule has 4 bridgehead atoms. The van der Waals surface area contributed by atoms with Crippen LogP contribution in [0.2, 0.25) is 0 Å². The zero-order chi connectivity index (χ0) is 14.6. The molecule has 0 spiro atoms. The van der Waals surface area contributed by atoms with Gasteiger partial charge in [0.05, 0.1) is 5.41 Å². The molecule has 1 amide bonds. The van der Waals surface area contributed by atoms with Crippen molar-refractivity contribution in [2.24, 2.45) is 23.2 Å². The molecule has 0 unspecified atom stereocenters. The van der Waals surface area contributed by atoms with Gasteiger partial charge in [-0.25, -0.2) is 0 Å². The second-order valence-electron chi connectivity index (χ2n) is 7.72. The van der Waals surface area contributed by atoms with Crippen molar-refractivity contribution < 1.29 is 4.79 Å². The molecule has 3 N–H and O–H groups in total. The summed E-state index contributed by atoms with van der Waals surface area (Å²) in [5.41, 5.74) is 8.47. The number of nitrogens with two attached hydrogens (primary N) is 1. The number of hydrogen-bond donors (Lipinski definition) is 2. The van der Waals surface area contributed by atoms with Gasteiger partial charge >= 0.3 is 0 Å². The van der Waals surface area contributed by atoms with E-state index in [1.807, 2.05) is 25.1 Å². The van der Waals surface area contributed by atoms with Gasteiger partial charge in [0.25, 0.3) is 0 Å². The Bertz CT molecular complexity index is 558. The summed E-state index contributed by atoms with van der Waals surface area (Å²) in [6, 6.07) is 5.78. The average molecular weight is 284 g/mol. The van der Waals surface area contributed by atoms with Crippen LogP contribution in [0.5, 0.6) is 0 Å². The molecule has 4 aliphatic rings. The Hall–Kier alpha value is -1.51. The molecule has 3 nitrogen and oxygen atoms in total. The van der Waals surface area contributed by atoms with Gasteiger partial charge < -0.3 is 11.1 Å². The maximum Gasteiger partial charge on any atom is 0.230 e. The highest BCUT2D eigenvalue weighted by Gasteiger charge is 2.54. The third-order valence-corrected chi connectivity index (χ3v) is 6.05. The summed E-state index contributed by atoms with van der Waals surface area (Å²) in [6.45, 7) is 1.98. The first-order valence-electron chi connectivity index (χ1n) is 8.22. The van der Waals surface area contributed by atoms with Gasteiger partial charge in [-0.1, -0.05) is 0 Å². The van der Waals surface area contributed by atoms with Crippen molar-refractivity contribution in [3.8, 4) is 0 Å². The van der Waals surface area contributed by atoms with Crippen LogP contribution < -0.4 is 11.1 Å². The number of nitrogens with one attached hydrogen (secondary N) is 1. The van der Waals surface area contributed by atoms with Gasteiger partial charge in [-0.15, -0.1) is 0 Å². The van der Waals surface area contributed by atoms with E-state index >= 15 is 0 Å². The lowest BCUT2D eigenvalue weighted by Gasteiger charge is -2.55. The number of carbonyl (C=O) groups is 1. The van der Waals surface area contributed by atoms with Crippen molar-refractivity contribution in [3.63, 3.8) is 0 Å². The van der Waals surface area contributed by atoms with E-state index in [4.69, 9.17) is 5.73 Å². The first kappa shape index (κ1) is 13.2. The highest BCUT2D eigenvalue weighted by Crippen LogP contribution is 2.60. The van der Waals surface area contributed by atoms with Gasteiger partial charge in [0.2, 0.25) is 5.91 Å². The molecule has 0 aromatic heterocycles. The molecular formula is C18H24N2O. The van der Waals surface area contributed by atoms with Crippen molar-refractivity contribution >= 4 is 17.3 Å². The second-order valence-corrected chi connectivity index (χ2v) is 7.72. The van der Waals surface area contributed by atoms with E-state index in [1.54, 1.807) is 0 Å². The summed E-state index contributed by atoms with van der Waals surface area (Å²) in [6.07, 6.45) is 7.44. The van der Waals surface area contributed by atoms with Crippen LogP contribution in [0, 0.1) is 30.1 Å². The normalized spacial score (nSPS) is 36.7. The van der Waals surface area contributed by atoms with Crippen molar-refractivity contribution in [2.75, 3.05) is 11.1 Å². The van der Waals surface area contributed by atoms with Crippen molar-refractivity contribution in [2.45, 2.75) is 45.4 Å². The van der Waals surface area contributed by atoms with Crippen LogP contribution in [0.25, 0.3) is 0 Å². The topological polar surface area (TPSA) is 55.1 Å². The van der Waals surface area contributed by atoms with E-state index in [1.165, 1.54) is 19.3 Å². The number of carbonyl (C=O) groups excluding carboxylic acids is 1. The molecule has 4 fully saturated rings. The first-order chi connectivity index (χ1) is 10.0. The highest BCUT2D eigenvalue weighted by atomic mass is 16.2. The fourth-order valence-corrected chi connectivity index (χ4v) is 5.41. The third kappa shape index (κ3) is 2.14. The number of aryl methyl sites for hydroxylation is 1. The predicted octanol–water partition coefficient (Wildman–Crippen LogP) is 3.73. The van der Waals surface area contributed by atoms with Crippen molar-refractivity contribution in [1.29, 1.82) is 0 Å². The number of hydrogen-bond acceptors (Lipinski definition) is 2. The molecule has 5 rings (SSSR count). The fourth-order valence-electron chi connectivity index (χ4n) is 5.41. The van der Waals surface area contributed by atoms with Gasteiger partial charge in [-0.3, -0.25) is 4.79 Å². The van der Waals surface area contributed by atoms with E-state index < -0.39 is 0 Å². The summed E-state index contributed by atoms with van der Waals surface area (Å²) >= 11 is 0. The molecule has 112 valence electrons. The molecule has 4 aliphatic carbocycles.